The van der Waals surface area contributed by atoms with E-state index in [9.17, 15) is 18.0 Å². The molecule has 1 amide bonds. The second-order valence-electron chi connectivity index (χ2n) is 7.76. The molecule has 2 rings (SSSR count). The maximum absolute atomic E-state index is 12.6. The summed E-state index contributed by atoms with van der Waals surface area (Å²) in [5.74, 6) is 0.642. The number of alkyl halides is 3. The number of halogens is 3. The van der Waals surface area contributed by atoms with Gasteiger partial charge in [-0.25, -0.2) is 4.79 Å². The molecule has 162 valence electrons. The zero-order valence-corrected chi connectivity index (χ0v) is 17.4. The molecule has 7 heteroatoms. The second kappa shape index (κ2) is 10.7. The predicted octanol–water partition coefficient (Wildman–Crippen LogP) is 5.59. The lowest BCUT2D eigenvalue weighted by atomic mass is 9.85. The van der Waals surface area contributed by atoms with Crippen molar-refractivity contribution in [2.75, 3.05) is 27.2 Å². The highest BCUT2D eigenvalue weighted by Crippen LogP contribution is 2.31. The van der Waals surface area contributed by atoms with E-state index in [1.54, 1.807) is 11.9 Å². The highest BCUT2D eigenvalue weighted by molar-refractivity contribution is 5.70. The summed E-state index contributed by atoms with van der Waals surface area (Å²) in [6.45, 7) is 4.20. The van der Waals surface area contributed by atoms with Crippen molar-refractivity contribution in [3.63, 3.8) is 0 Å². The quantitative estimate of drug-likeness (QED) is 0.547. The van der Waals surface area contributed by atoms with E-state index in [0.717, 1.165) is 57.3 Å². The van der Waals surface area contributed by atoms with Crippen molar-refractivity contribution in [2.24, 2.45) is 5.92 Å². The first-order valence-corrected chi connectivity index (χ1v) is 10.2. The van der Waals surface area contributed by atoms with Gasteiger partial charge in [-0.1, -0.05) is 19.1 Å². The Morgan fingerprint density at radius 2 is 1.76 bits per heavy atom. The molecule has 0 atom stereocenters. The molecule has 0 spiro atoms. The number of carbonyl (C=O) groups excluding carboxylic acids is 1. The zero-order valence-electron chi connectivity index (χ0n) is 17.4. The van der Waals surface area contributed by atoms with Crippen LogP contribution in [-0.4, -0.2) is 49.1 Å². The monoisotopic (exact) mass is 412 g/mol. The van der Waals surface area contributed by atoms with Crippen LogP contribution in [0.3, 0.4) is 0 Å². The molecule has 29 heavy (non-hydrogen) atoms. The first kappa shape index (κ1) is 23.3. The molecule has 0 N–H and O–H groups in total. The Bertz CT molecular complexity index is 666. The van der Waals surface area contributed by atoms with Crippen LogP contribution in [0.1, 0.15) is 44.6 Å². The van der Waals surface area contributed by atoms with Crippen LogP contribution in [0.15, 0.2) is 36.4 Å². The molecule has 4 nitrogen and oxygen atoms in total. The van der Waals surface area contributed by atoms with E-state index in [0.29, 0.717) is 5.92 Å². The predicted molar refractivity (Wildman–Crippen MR) is 108 cm³/mol. The maximum atomic E-state index is 12.6. The van der Waals surface area contributed by atoms with Crippen LogP contribution >= 0.6 is 0 Å². The van der Waals surface area contributed by atoms with Gasteiger partial charge in [0.2, 0.25) is 0 Å². The van der Waals surface area contributed by atoms with Crippen molar-refractivity contribution in [1.82, 2.24) is 9.80 Å². The minimum absolute atomic E-state index is 0.0874. The summed E-state index contributed by atoms with van der Waals surface area (Å²) < 4.78 is 43.1. The normalized spacial score (nSPS) is 20.2. The average molecular weight is 412 g/mol. The number of nitrogens with zero attached hydrogens (tertiary/aromatic N) is 2. The third-order valence-corrected chi connectivity index (χ3v) is 5.39. The number of ether oxygens (including phenoxy) is 1. The molecule has 1 aliphatic rings. The summed E-state index contributed by atoms with van der Waals surface area (Å²) in [7, 11) is 3.80. The largest absolute Gasteiger partial charge is 0.416 e. The Morgan fingerprint density at radius 1 is 1.14 bits per heavy atom. The van der Waals surface area contributed by atoms with Gasteiger partial charge in [0.1, 0.15) is 5.75 Å². The van der Waals surface area contributed by atoms with E-state index in [-0.39, 0.29) is 11.8 Å². The zero-order chi connectivity index (χ0) is 21.4. The minimum Gasteiger partial charge on any atom is -0.410 e. The molecule has 0 radical (unpaired) electrons. The summed E-state index contributed by atoms with van der Waals surface area (Å²) in [5, 5.41) is 0. The smallest absolute Gasteiger partial charge is 0.410 e. The fourth-order valence-corrected chi connectivity index (χ4v) is 3.62. The molecule has 1 saturated carbocycles. The first-order chi connectivity index (χ1) is 13.7. The molecule has 0 saturated heterocycles. The highest BCUT2D eigenvalue weighted by Gasteiger charge is 2.30. The van der Waals surface area contributed by atoms with Gasteiger partial charge in [-0.15, -0.1) is 0 Å². The number of benzene rings is 1. The number of carbonyl (C=O) groups is 1. The van der Waals surface area contributed by atoms with E-state index in [4.69, 9.17) is 4.74 Å². The van der Waals surface area contributed by atoms with Crippen molar-refractivity contribution in [2.45, 2.75) is 51.2 Å². The third-order valence-electron chi connectivity index (χ3n) is 5.39. The molecular formula is C22H31F3N2O2. The molecule has 1 aliphatic carbocycles. The van der Waals surface area contributed by atoms with Crippen LogP contribution in [-0.2, 0) is 6.18 Å². The van der Waals surface area contributed by atoms with Crippen molar-refractivity contribution < 1.29 is 22.7 Å². The van der Waals surface area contributed by atoms with Crippen LogP contribution in [0.25, 0.3) is 0 Å². The van der Waals surface area contributed by atoms with Gasteiger partial charge in [0.25, 0.3) is 0 Å². The molecular weight excluding hydrogens is 381 g/mol. The van der Waals surface area contributed by atoms with Crippen molar-refractivity contribution in [3.05, 3.63) is 42.0 Å². The lowest BCUT2D eigenvalue weighted by Gasteiger charge is -2.33. The Hall–Kier alpha value is -2.02. The fraction of sp³-hybridized carbons (Fsp3) is 0.591. The van der Waals surface area contributed by atoms with E-state index in [1.807, 2.05) is 0 Å². The van der Waals surface area contributed by atoms with Gasteiger partial charge in [0, 0.05) is 19.6 Å². The first-order valence-electron chi connectivity index (χ1n) is 10.2. The van der Waals surface area contributed by atoms with Gasteiger partial charge in [0.15, 0.2) is 0 Å². The molecule has 1 aromatic rings. The van der Waals surface area contributed by atoms with Gasteiger partial charge in [0.05, 0.1) is 5.56 Å². The van der Waals surface area contributed by atoms with Crippen LogP contribution in [0.2, 0.25) is 0 Å². The lowest BCUT2D eigenvalue weighted by molar-refractivity contribution is -0.137. The van der Waals surface area contributed by atoms with Crippen LogP contribution < -0.4 is 4.74 Å². The number of likely N-dealkylation sites (N-methyl/N-ethyl adjacent to an activating group) is 1. The number of amides is 1. The molecule has 1 aromatic carbocycles. The molecule has 0 unspecified atom stereocenters. The van der Waals surface area contributed by atoms with Crippen LogP contribution in [0, 0.1) is 5.92 Å². The lowest BCUT2D eigenvalue weighted by Crippen LogP contribution is -2.40. The van der Waals surface area contributed by atoms with Crippen molar-refractivity contribution in [3.8, 4) is 5.75 Å². The van der Waals surface area contributed by atoms with Crippen molar-refractivity contribution in [1.29, 1.82) is 0 Å². The Kier molecular flexibility index (Phi) is 8.56. The number of allylic oxidation sites excluding steroid dienone is 1. The summed E-state index contributed by atoms with van der Waals surface area (Å²) >= 11 is 0. The van der Waals surface area contributed by atoms with E-state index >= 15 is 0 Å². The Labute approximate surface area is 171 Å². The van der Waals surface area contributed by atoms with E-state index in [1.165, 1.54) is 12.1 Å². The molecule has 1 fully saturated rings. The summed E-state index contributed by atoms with van der Waals surface area (Å²) in [6.07, 6.45) is 4.50. The van der Waals surface area contributed by atoms with E-state index in [2.05, 4.69) is 31.0 Å². The number of hydrogen-bond acceptors (Lipinski definition) is 3. The van der Waals surface area contributed by atoms with Gasteiger partial charge in [-0.3, -0.25) is 0 Å². The topological polar surface area (TPSA) is 32.8 Å². The van der Waals surface area contributed by atoms with Crippen molar-refractivity contribution >= 4 is 6.09 Å². The molecule has 0 aliphatic heterocycles. The SMILES string of the molecule is CCCN(C)C/C=C/C1CCC(N(C)C(=O)Oc2ccc(C(F)(F)F)cc2)CC1. The second-order valence-corrected chi connectivity index (χ2v) is 7.76. The van der Waals surface area contributed by atoms with Gasteiger partial charge in [-0.2, -0.15) is 13.2 Å². The summed E-state index contributed by atoms with van der Waals surface area (Å²) in [5.41, 5.74) is -0.766. The Morgan fingerprint density at radius 3 is 2.31 bits per heavy atom. The highest BCUT2D eigenvalue weighted by atomic mass is 19.4. The van der Waals surface area contributed by atoms with Gasteiger partial charge >= 0.3 is 12.3 Å². The third kappa shape index (κ3) is 7.38. The molecule has 0 aromatic heterocycles. The maximum Gasteiger partial charge on any atom is 0.416 e. The van der Waals surface area contributed by atoms with Gasteiger partial charge < -0.3 is 14.5 Å². The summed E-state index contributed by atoms with van der Waals surface area (Å²) in [6, 6.07) is 4.26. The molecule has 0 heterocycles. The fourth-order valence-electron chi connectivity index (χ4n) is 3.62. The van der Waals surface area contributed by atoms with Crippen LogP contribution in [0.5, 0.6) is 5.75 Å². The molecule has 0 bridgehead atoms. The average Bonchev–Trinajstić information content (AvgIpc) is 2.68. The minimum atomic E-state index is -4.40. The van der Waals surface area contributed by atoms with E-state index < -0.39 is 17.8 Å². The standard InChI is InChI=1S/C22H31F3N2O2/c1-4-15-26(2)16-5-6-17-7-11-19(12-8-17)27(3)21(28)29-20-13-9-18(10-14-20)22(23,24)25/h5-6,9-10,13-14,17,19H,4,7-8,11-12,15-16H2,1-3H3/b6-5+. The van der Waals surface area contributed by atoms with Crippen LogP contribution in [0.4, 0.5) is 18.0 Å². The summed E-state index contributed by atoms with van der Waals surface area (Å²) in [4.78, 5) is 16.2. The van der Waals surface area contributed by atoms with Gasteiger partial charge in [-0.05, 0) is 75.9 Å². The number of hydrogen-bond donors (Lipinski definition) is 0. The number of rotatable bonds is 7. The Balaban J connectivity index is 1.79.